The van der Waals surface area contributed by atoms with Gasteiger partial charge in [-0.25, -0.2) is 0 Å². The number of piperidine rings is 1. The first kappa shape index (κ1) is 11.1. The van der Waals surface area contributed by atoms with Crippen molar-refractivity contribution >= 4 is 17.8 Å². The van der Waals surface area contributed by atoms with E-state index in [0.29, 0.717) is 19.3 Å². The number of carbonyl (C=O) groups excluding carboxylic acids is 2. The maximum atomic E-state index is 11.6. The first-order chi connectivity index (χ1) is 7.61. The summed E-state index contributed by atoms with van der Waals surface area (Å²) in [4.78, 5) is 35.3. The number of nitrogens with zero attached hydrogens (tertiary/aromatic N) is 1. The molecule has 2 heterocycles. The Morgan fingerprint density at radius 2 is 1.88 bits per heavy atom. The van der Waals surface area contributed by atoms with Gasteiger partial charge in [0.15, 0.2) is 0 Å². The largest absolute Gasteiger partial charge is 0.481 e. The van der Waals surface area contributed by atoms with Gasteiger partial charge in [0, 0.05) is 12.8 Å². The molecule has 2 rings (SSSR count). The van der Waals surface area contributed by atoms with E-state index in [1.165, 1.54) is 0 Å². The van der Waals surface area contributed by atoms with E-state index >= 15 is 0 Å². The molecule has 2 aliphatic rings. The van der Waals surface area contributed by atoms with Crippen LogP contribution in [0.3, 0.4) is 0 Å². The topological polar surface area (TPSA) is 83.9 Å². The molecule has 1 N–H and O–H groups in total. The minimum absolute atomic E-state index is 0.0665. The molecule has 0 aliphatic carbocycles. The Hall–Kier alpha value is -1.43. The van der Waals surface area contributed by atoms with E-state index in [1.54, 1.807) is 0 Å². The molecule has 6 nitrogen and oxygen atoms in total. The van der Waals surface area contributed by atoms with Gasteiger partial charge >= 0.3 is 5.97 Å². The van der Waals surface area contributed by atoms with Crippen LogP contribution in [-0.2, 0) is 19.1 Å². The molecule has 16 heavy (non-hydrogen) atoms. The lowest BCUT2D eigenvalue weighted by atomic mass is 9.99. The number of hydrogen-bond acceptors (Lipinski definition) is 4. The summed E-state index contributed by atoms with van der Waals surface area (Å²) in [5.74, 6) is -2.37. The number of carbonyl (C=O) groups is 3. The molecule has 6 heteroatoms. The van der Waals surface area contributed by atoms with Gasteiger partial charge in [-0.05, 0) is 6.42 Å². The van der Waals surface area contributed by atoms with Gasteiger partial charge in [0.05, 0.1) is 19.3 Å². The number of imide groups is 1. The molecular formula is C10H13NO5. The third kappa shape index (κ3) is 1.80. The second-order valence-electron chi connectivity index (χ2n) is 4.06. The van der Waals surface area contributed by atoms with Gasteiger partial charge in [0.25, 0.3) is 0 Å². The van der Waals surface area contributed by atoms with Crippen molar-refractivity contribution in [2.75, 3.05) is 13.2 Å². The van der Waals surface area contributed by atoms with Crippen LogP contribution in [-0.4, -0.2) is 47.0 Å². The summed E-state index contributed by atoms with van der Waals surface area (Å²) in [5, 5.41) is 8.96. The predicted molar refractivity (Wildman–Crippen MR) is 51.4 cm³/mol. The predicted octanol–water partition coefficient (Wildman–Crippen LogP) is -0.375. The Morgan fingerprint density at radius 3 is 2.44 bits per heavy atom. The van der Waals surface area contributed by atoms with Gasteiger partial charge in [0.2, 0.25) is 11.8 Å². The van der Waals surface area contributed by atoms with E-state index in [1.807, 2.05) is 0 Å². The number of carboxylic acids is 1. The number of aliphatic carboxylic acids is 1. The minimum Gasteiger partial charge on any atom is -0.481 e. The molecule has 2 fully saturated rings. The quantitative estimate of drug-likeness (QED) is 0.650. The van der Waals surface area contributed by atoms with Crippen LogP contribution in [0, 0.1) is 5.92 Å². The van der Waals surface area contributed by atoms with E-state index in [9.17, 15) is 14.4 Å². The maximum absolute atomic E-state index is 11.6. The summed E-state index contributed by atoms with van der Waals surface area (Å²) in [6.45, 7) is 0.200. The minimum atomic E-state index is -1.02. The lowest BCUT2D eigenvalue weighted by Gasteiger charge is -2.31. The molecule has 0 aromatic heterocycles. The zero-order chi connectivity index (χ0) is 11.7. The van der Waals surface area contributed by atoms with E-state index in [2.05, 4.69) is 0 Å². The lowest BCUT2D eigenvalue weighted by Crippen LogP contribution is -2.51. The Morgan fingerprint density at radius 1 is 1.25 bits per heavy atom. The molecule has 2 saturated heterocycles. The smallest absolute Gasteiger partial charge is 0.311 e. The van der Waals surface area contributed by atoms with Crippen LogP contribution in [0.15, 0.2) is 0 Å². The summed E-state index contributed by atoms with van der Waals surface area (Å²) in [5.41, 5.74) is 0. The molecule has 0 aromatic carbocycles. The zero-order valence-electron chi connectivity index (χ0n) is 8.72. The van der Waals surface area contributed by atoms with Crippen LogP contribution in [0.25, 0.3) is 0 Å². The average molecular weight is 227 g/mol. The Labute approximate surface area is 92.2 Å². The van der Waals surface area contributed by atoms with E-state index < -0.39 is 17.9 Å². The van der Waals surface area contributed by atoms with Gasteiger partial charge in [-0.3, -0.25) is 19.3 Å². The van der Waals surface area contributed by atoms with Crippen LogP contribution in [0.4, 0.5) is 0 Å². The number of rotatable bonds is 2. The highest BCUT2D eigenvalue weighted by atomic mass is 16.5. The van der Waals surface area contributed by atoms with Crippen molar-refractivity contribution in [1.29, 1.82) is 0 Å². The SMILES string of the molecule is O=C(O)C1COCC1N1C(=O)CCCC1=O. The highest BCUT2D eigenvalue weighted by molar-refractivity contribution is 5.98. The summed E-state index contributed by atoms with van der Waals surface area (Å²) in [7, 11) is 0. The van der Waals surface area contributed by atoms with Crippen LogP contribution < -0.4 is 0 Å². The monoisotopic (exact) mass is 227 g/mol. The van der Waals surface area contributed by atoms with Crippen LogP contribution in [0.1, 0.15) is 19.3 Å². The molecule has 0 spiro atoms. The second-order valence-corrected chi connectivity index (χ2v) is 4.06. The van der Waals surface area contributed by atoms with Gasteiger partial charge in [0.1, 0.15) is 5.92 Å². The third-order valence-corrected chi connectivity index (χ3v) is 3.02. The van der Waals surface area contributed by atoms with Crippen molar-refractivity contribution in [3.63, 3.8) is 0 Å². The van der Waals surface area contributed by atoms with E-state index in [4.69, 9.17) is 9.84 Å². The Kier molecular flexibility index (Phi) is 2.91. The van der Waals surface area contributed by atoms with Crippen molar-refractivity contribution in [3.8, 4) is 0 Å². The Balaban J connectivity index is 2.18. The summed E-state index contributed by atoms with van der Waals surface area (Å²) >= 11 is 0. The summed E-state index contributed by atoms with van der Waals surface area (Å²) in [6, 6.07) is -0.627. The van der Waals surface area contributed by atoms with Gasteiger partial charge in [-0.2, -0.15) is 0 Å². The molecule has 2 aliphatic heterocycles. The highest BCUT2D eigenvalue weighted by Crippen LogP contribution is 2.24. The number of likely N-dealkylation sites (tertiary alicyclic amines) is 1. The first-order valence-electron chi connectivity index (χ1n) is 5.26. The molecule has 0 aromatic rings. The number of amides is 2. The van der Waals surface area contributed by atoms with Crippen molar-refractivity contribution in [1.82, 2.24) is 4.90 Å². The van der Waals surface area contributed by atoms with Crippen molar-refractivity contribution in [2.24, 2.45) is 5.92 Å². The lowest BCUT2D eigenvalue weighted by molar-refractivity contribution is -0.154. The molecule has 2 unspecified atom stereocenters. The third-order valence-electron chi connectivity index (χ3n) is 3.02. The second kappa shape index (κ2) is 4.21. The maximum Gasteiger partial charge on any atom is 0.311 e. The molecule has 2 atom stereocenters. The standard InChI is InChI=1S/C10H13NO5/c12-8-2-1-3-9(13)11(8)7-5-16-4-6(7)10(14)15/h6-7H,1-5H2,(H,14,15). The van der Waals surface area contributed by atoms with Crippen molar-refractivity contribution in [3.05, 3.63) is 0 Å². The van der Waals surface area contributed by atoms with Gasteiger partial charge in [-0.15, -0.1) is 0 Å². The average Bonchev–Trinajstić information content (AvgIpc) is 2.66. The fourth-order valence-electron chi connectivity index (χ4n) is 2.17. The molecule has 88 valence electrons. The van der Waals surface area contributed by atoms with Gasteiger partial charge in [-0.1, -0.05) is 0 Å². The number of ether oxygens (including phenoxy) is 1. The van der Waals surface area contributed by atoms with Crippen LogP contribution >= 0.6 is 0 Å². The molecule has 0 bridgehead atoms. The van der Waals surface area contributed by atoms with E-state index in [0.717, 1.165) is 4.90 Å². The summed E-state index contributed by atoms with van der Waals surface area (Å²) < 4.78 is 5.05. The first-order valence-corrected chi connectivity index (χ1v) is 5.26. The van der Waals surface area contributed by atoms with Crippen molar-refractivity contribution < 1.29 is 24.2 Å². The number of hydrogen-bond donors (Lipinski definition) is 1. The molecule has 0 radical (unpaired) electrons. The van der Waals surface area contributed by atoms with Crippen molar-refractivity contribution in [2.45, 2.75) is 25.3 Å². The summed E-state index contributed by atoms with van der Waals surface area (Å²) in [6.07, 6.45) is 1.18. The zero-order valence-corrected chi connectivity index (χ0v) is 8.72. The molecular weight excluding hydrogens is 214 g/mol. The van der Waals surface area contributed by atoms with Crippen LogP contribution in [0.2, 0.25) is 0 Å². The van der Waals surface area contributed by atoms with Crippen LogP contribution in [0.5, 0.6) is 0 Å². The fourth-order valence-corrected chi connectivity index (χ4v) is 2.17. The normalized spacial score (nSPS) is 30.9. The van der Waals surface area contributed by atoms with Gasteiger partial charge < -0.3 is 9.84 Å². The van der Waals surface area contributed by atoms with E-state index in [-0.39, 0.29) is 25.0 Å². The number of carboxylic acid groups (broad SMARTS) is 1. The molecule has 0 saturated carbocycles. The highest BCUT2D eigenvalue weighted by Gasteiger charge is 2.43. The molecule has 2 amide bonds. The Bertz CT molecular complexity index is 324. The fraction of sp³-hybridized carbons (Fsp3) is 0.700.